The van der Waals surface area contributed by atoms with Crippen LogP contribution in [0.25, 0.3) is 0 Å². The van der Waals surface area contributed by atoms with Crippen LogP contribution in [0, 0.1) is 6.92 Å². The fraction of sp³-hybridized carbons (Fsp3) is 0.571. The monoisotopic (exact) mass is 272 g/mol. The molecule has 2 rings (SSSR count). The number of hydrogen-bond donors (Lipinski definition) is 5. The van der Waals surface area contributed by atoms with Gasteiger partial charge in [0.05, 0.1) is 12.2 Å². The van der Waals surface area contributed by atoms with Gasteiger partial charge in [-0.25, -0.2) is 0 Å². The topological polar surface area (TPSA) is 101 Å². The third-order valence-electron chi connectivity index (χ3n) is 2.83. The Hall–Kier alpha value is -1.46. The summed E-state index contributed by atoms with van der Waals surface area (Å²) in [6.45, 7) is 1.71. The maximum Gasteiger partial charge on any atom is 0.200 e. The number of phenols is 3. The van der Waals surface area contributed by atoms with Crippen molar-refractivity contribution in [2.75, 3.05) is 0 Å². The van der Waals surface area contributed by atoms with Gasteiger partial charge in [-0.1, -0.05) is 7.43 Å². The van der Waals surface area contributed by atoms with Gasteiger partial charge in [-0.3, -0.25) is 0 Å². The smallest absolute Gasteiger partial charge is 0.200 e. The molecule has 0 radical (unpaired) electrons. The first kappa shape index (κ1) is 17.5. The van der Waals surface area contributed by atoms with Crippen molar-refractivity contribution in [3.05, 3.63) is 17.7 Å². The number of hydrogen-bond acceptors (Lipinski definition) is 5. The second-order valence-corrected chi connectivity index (χ2v) is 4.63. The molecule has 0 heterocycles. The highest BCUT2D eigenvalue weighted by Gasteiger charge is 2.16. The van der Waals surface area contributed by atoms with Crippen LogP contribution in [0.3, 0.4) is 0 Å². The van der Waals surface area contributed by atoms with Crippen molar-refractivity contribution in [3.8, 4) is 17.2 Å². The first-order valence-electron chi connectivity index (χ1n) is 5.97. The molecule has 2 atom stereocenters. The van der Waals surface area contributed by atoms with Gasteiger partial charge in [0, 0.05) is 0 Å². The van der Waals surface area contributed by atoms with Gasteiger partial charge >= 0.3 is 0 Å². The Bertz CT molecular complexity index is 360. The first-order valence-corrected chi connectivity index (χ1v) is 5.97. The second-order valence-electron chi connectivity index (χ2n) is 4.63. The second kappa shape index (κ2) is 7.86. The van der Waals surface area contributed by atoms with Crippen LogP contribution < -0.4 is 0 Å². The molecule has 5 nitrogen and oxygen atoms in total. The zero-order valence-corrected chi connectivity index (χ0v) is 10.4. The molecule has 0 bridgehead atoms. The Morgan fingerprint density at radius 1 is 0.947 bits per heavy atom. The molecule has 1 aliphatic rings. The van der Waals surface area contributed by atoms with Crippen molar-refractivity contribution < 1.29 is 25.5 Å². The summed E-state index contributed by atoms with van der Waals surface area (Å²) in [5.74, 6) is -1.05. The molecule has 0 aliphatic heterocycles. The van der Waals surface area contributed by atoms with Gasteiger partial charge in [-0.2, -0.15) is 0 Å². The van der Waals surface area contributed by atoms with Gasteiger partial charge in [-0.15, -0.1) is 0 Å². The van der Waals surface area contributed by atoms with Gasteiger partial charge in [0.25, 0.3) is 0 Å². The number of benzene rings is 1. The Balaban J connectivity index is 0.000000331. The fourth-order valence-electron chi connectivity index (χ4n) is 1.88. The van der Waals surface area contributed by atoms with E-state index in [0.29, 0.717) is 12.0 Å². The van der Waals surface area contributed by atoms with Gasteiger partial charge in [0.1, 0.15) is 0 Å². The van der Waals surface area contributed by atoms with Crippen LogP contribution in [0.4, 0.5) is 0 Å². The molecule has 0 spiro atoms. The lowest BCUT2D eigenvalue weighted by Gasteiger charge is -2.20. The van der Waals surface area contributed by atoms with Crippen LogP contribution in [-0.2, 0) is 0 Å². The van der Waals surface area contributed by atoms with E-state index < -0.39 is 5.75 Å². The van der Waals surface area contributed by atoms with Crippen LogP contribution in [0.2, 0.25) is 0 Å². The van der Waals surface area contributed by atoms with Crippen molar-refractivity contribution in [2.45, 2.75) is 52.2 Å². The maximum absolute atomic E-state index is 8.92. The van der Waals surface area contributed by atoms with Crippen LogP contribution >= 0.6 is 0 Å². The molecule has 1 aliphatic carbocycles. The summed E-state index contributed by atoms with van der Waals surface area (Å²) in [4.78, 5) is 0. The largest absolute Gasteiger partial charge is 0.504 e. The number of aliphatic hydroxyl groups excluding tert-OH is 2. The number of rotatable bonds is 0. The zero-order chi connectivity index (χ0) is 13.7. The molecule has 19 heavy (non-hydrogen) atoms. The van der Waals surface area contributed by atoms with E-state index in [2.05, 4.69) is 0 Å². The van der Waals surface area contributed by atoms with Crippen LogP contribution in [0.15, 0.2) is 12.1 Å². The average molecular weight is 272 g/mol. The van der Waals surface area contributed by atoms with Gasteiger partial charge in [-0.05, 0) is 50.3 Å². The highest BCUT2D eigenvalue weighted by molar-refractivity contribution is 5.50. The Morgan fingerprint density at radius 2 is 1.37 bits per heavy atom. The van der Waals surface area contributed by atoms with E-state index in [-0.39, 0.29) is 31.1 Å². The summed E-state index contributed by atoms with van der Waals surface area (Å²) in [5.41, 5.74) is 0.702. The lowest BCUT2D eigenvalue weighted by molar-refractivity contribution is 0.0406. The first-order chi connectivity index (χ1) is 8.40. The van der Waals surface area contributed by atoms with Crippen molar-refractivity contribution in [3.63, 3.8) is 0 Å². The predicted molar refractivity (Wildman–Crippen MR) is 73.4 cm³/mol. The van der Waals surface area contributed by atoms with E-state index in [0.717, 1.165) is 19.3 Å². The summed E-state index contributed by atoms with van der Waals surface area (Å²) in [6, 6.07) is 2.74. The van der Waals surface area contributed by atoms with Gasteiger partial charge in [0.15, 0.2) is 17.2 Å². The molecule has 1 saturated carbocycles. The van der Waals surface area contributed by atoms with Crippen molar-refractivity contribution in [1.82, 2.24) is 0 Å². The predicted octanol–water partition coefficient (Wildman–Crippen LogP) is 2.03. The molecular formula is C14H24O5. The maximum atomic E-state index is 8.92. The molecule has 0 saturated heterocycles. The molecule has 1 fully saturated rings. The standard InChI is InChI=1S/C7H8O3.C6H12O2.CH4/c1-4-2-5(8)7(10)6(9)3-4;7-5-2-1-3-6(8)4-5;/h2-3,8-10H,1H3;5-8H,1-4H2;1H4. The van der Waals surface area contributed by atoms with E-state index in [9.17, 15) is 0 Å². The Labute approximate surface area is 113 Å². The van der Waals surface area contributed by atoms with E-state index in [1.54, 1.807) is 6.92 Å². The van der Waals surface area contributed by atoms with Crippen molar-refractivity contribution in [1.29, 1.82) is 0 Å². The molecule has 5 N–H and O–H groups in total. The third kappa shape index (κ3) is 5.81. The molecule has 110 valence electrons. The lowest BCUT2D eigenvalue weighted by Crippen LogP contribution is -2.22. The summed E-state index contributed by atoms with van der Waals surface area (Å²) in [7, 11) is 0. The zero-order valence-electron chi connectivity index (χ0n) is 10.4. The quantitative estimate of drug-likeness (QED) is 0.465. The van der Waals surface area contributed by atoms with E-state index >= 15 is 0 Å². The summed E-state index contributed by atoms with van der Waals surface area (Å²) in [6.07, 6.45) is 2.83. The fourth-order valence-corrected chi connectivity index (χ4v) is 1.88. The van der Waals surface area contributed by atoms with Crippen molar-refractivity contribution >= 4 is 0 Å². The highest BCUT2D eigenvalue weighted by Crippen LogP contribution is 2.34. The Morgan fingerprint density at radius 3 is 1.68 bits per heavy atom. The Kier molecular flexibility index (Phi) is 7.26. The minimum atomic E-state index is -0.467. The van der Waals surface area contributed by atoms with Gasteiger partial charge < -0.3 is 25.5 Å². The normalized spacial score (nSPS) is 21.8. The molecule has 2 unspecified atom stereocenters. The molecule has 1 aromatic carbocycles. The van der Waals surface area contributed by atoms with Crippen LogP contribution in [-0.4, -0.2) is 37.7 Å². The lowest BCUT2D eigenvalue weighted by atomic mass is 9.95. The summed E-state index contributed by atoms with van der Waals surface area (Å²) >= 11 is 0. The number of aryl methyl sites for hydroxylation is 1. The third-order valence-corrected chi connectivity index (χ3v) is 2.83. The number of phenolic OH excluding ortho intramolecular Hbond substituents is 3. The minimum Gasteiger partial charge on any atom is -0.504 e. The van der Waals surface area contributed by atoms with Gasteiger partial charge in [0.2, 0.25) is 0 Å². The van der Waals surface area contributed by atoms with Crippen LogP contribution in [0.5, 0.6) is 17.2 Å². The molecular weight excluding hydrogens is 248 g/mol. The minimum absolute atomic E-state index is 0. The van der Waals surface area contributed by atoms with E-state index in [1.165, 1.54) is 12.1 Å². The van der Waals surface area contributed by atoms with E-state index in [4.69, 9.17) is 25.5 Å². The molecule has 5 heteroatoms. The average Bonchev–Trinajstić information content (AvgIpc) is 2.26. The SMILES string of the molecule is C.Cc1cc(O)c(O)c(O)c1.OC1CCCC(O)C1. The molecule has 1 aromatic rings. The molecule has 0 aromatic heterocycles. The number of aliphatic hydroxyl groups is 2. The molecule has 0 amide bonds. The summed E-state index contributed by atoms with van der Waals surface area (Å²) in [5, 5.41) is 44.4. The van der Waals surface area contributed by atoms with Crippen molar-refractivity contribution in [2.24, 2.45) is 0 Å². The van der Waals surface area contributed by atoms with E-state index in [1.807, 2.05) is 0 Å². The highest BCUT2D eigenvalue weighted by atomic mass is 16.3. The summed E-state index contributed by atoms with van der Waals surface area (Å²) < 4.78 is 0. The van der Waals surface area contributed by atoms with Crippen LogP contribution in [0.1, 0.15) is 38.7 Å². The number of aromatic hydroxyl groups is 3.